The molecule has 1 N–H and O–H groups in total. The number of halogens is 3. The molecule has 2 rings (SSSR count). The molecular formula is C15H16BrCl2NO2. The molecule has 3 nitrogen and oxygen atoms in total. The van der Waals surface area contributed by atoms with Crippen LogP contribution < -0.4 is 10.1 Å². The maximum absolute atomic E-state index is 6.13. The van der Waals surface area contributed by atoms with E-state index in [0.29, 0.717) is 28.9 Å². The van der Waals surface area contributed by atoms with E-state index in [1.807, 2.05) is 13.0 Å². The van der Waals surface area contributed by atoms with Crippen molar-refractivity contribution in [2.75, 3.05) is 6.54 Å². The van der Waals surface area contributed by atoms with Gasteiger partial charge in [-0.15, -0.1) is 0 Å². The summed E-state index contributed by atoms with van der Waals surface area (Å²) in [5, 5.41) is 4.30. The molecular weight excluding hydrogens is 377 g/mol. The van der Waals surface area contributed by atoms with Crippen LogP contribution in [0.5, 0.6) is 5.75 Å². The molecule has 2 aromatic rings. The zero-order valence-electron chi connectivity index (χ0n) is 11.8. The Balaban J connectivity index is 2.06. The van der Waals surface area contributed by atoms with E-state index in [4.69, 9.17) is 32.4 Å². The fourth-order valence-electron chi connectivity index (χ4n) is 1.84. The number of rotatable bonds is 6. The summed E-state index contributed by atoms with van der Waals surface area (Å²) < 4.78 is 12.2. The van der Waals surface area contributed by atoms with E-state index < -0.39 is 0 Å². The highest BCUT2D eigenvalue weighted by molar-refractivity contribution is 9.10. The van der Waals surface area contributed by atoms with Gasteiger partial charge in [0.2, 0.25) is 0 Å². The number of nitrogens with one attached hydrogen (secondary N) is 1. The average molecular weight is 393 g/mol. The molecule has 0 aliphatic heterocycles. The predicted molar refractivity (Wildman–Crippen MR) is 89.3 cm³/mol. The lowest BCUT2D eigenvalue weighted by atomic mass is 10.2. The molecule has 0 saturated carbocycles. The molecule has 0 amide bonds. The smallest absolute Gasteiger partial charge is 0.139 e. The van der Waals surface area contributed by atoms with Gasteiger partial charge in [0, 0.05) is 16.1 Å². The SMILES string of the molecule is CCNCc1cc(COc2cc(Cl)c(Br)cc2Cl)c(C)o1. The van der Waals surface area contributed by atoms with E-state index in [0.717, 1.165) is 28.1 Å². The minimum Gasteiger partial charge on any atom is -0.487 e. The van der Waals surface area contributed by atoms with Gasteiger partial charge in [0.15, 0.2) is 0 Å². The Kier molecular flexibility index (Phi) is 5.99. The fourth-order valence-corrected chi connectivity index (χ4v) is 2.68. The molecule has 0 aliphatic carbocycles. The van der Waals surface area contributed by atoms with Crippen molar-refractivity contribution in [1.29, 1.82) is 0 Å². The van der Waals surface area contributed by atoms with Crippen LogP contribution in [-0.4, -0.2) is 6.54 Å². The van der Waals surface area contributed by atoms with Gasteiger partial charge < -0.3 is 14.5 Å². The van der Waals surface area contributed by atoms with Gasteiger partial charge in [-0.2, -0.15) is 0 Å². The molecule has 1 aromatic carbocycles. The van der Waals surface area contributed by atoms with Crippen LogP contribution in [0.15, 0.2) is 27.1 Å². The van der Waals surface area contributed by atoms with Crippen molar-refractivity contribution in [3.05, 3.63) is 49.8 Å². The van der Waals surface area contributed by atoms with Crippen molar-refractivity contribution in [3.8, 4) is 5.75 Å². The van der Waals surface area contributed by atoms with E-state index in [9.17, 15) is 0 Å². The molecule has 0 saturated heterocycles. The van der Waals surface area contributed by atoms with Gasteiger partial charge in [-0.25, -0.2) is 0 Å². The molecule has 1 heterocycles. The third-order valence-corrected chi connectivity index (χ3v) is 4.47. The van der Waals surface area contributed by atoms with E-state index in [2.05, 4.69) is 28.2 Å². The van der Waals surface area contributed by atoms with Crippen LogP contribution >= 0.6 is 39.1 Å². The van der Waals surface area contributed by atoms with Crippen LogP contribution in [0.1, 0.15) is 24.0 Å². The highest BCUT2D eigenvalue weighted by Crippen LogP contribution is 2.34. The number of hydrogen-bond acceptors (Lipinski definition) is 3. The Morgan fingerprint density at radius 1 is 1.24 bits per heavy atom. The fraction of sp³-hybridized carbons (Fsp3) is 0.333. The van der Waals surface area contributed by atoms with Crippen molar-refractivity contribution in [2.45, 2.75) is 27.0 Å². The van der Waals surface area contributed by atoms with Gasteiger partial charge in [-0.05, 0) is 41.5 Å². The molecule has 0 spiro atoms. The monoisotopic (exact) mass is 391 g/mol. The van der Waals surface area contributed by atoms with Crippen molar-refractivity contribution < 1.29 is 9.15 Å². The van der Waals surface area contributed by atoms with Crippen LogP contribution in [0, 0.1) is 6.92 Å². The van der Waals surface area contributed by atoms with E-state index >= 15 is 0 Å². The zero-order valence-corrected chi connectivity index (χ0v) is 14.9. The molecule has 0 atom stereocenters. The summed E-state index contributed by atoms with van der Waals surface area (Å²) in [6.45, 7) is 5.98. The highest BCUT2D eigenvalue weighted by Gasteiger charge is 2.11. The predicted octanol–water partition coefficient (Wildman–Crippen LogP) is 5.35. The van der Waals surface area contributed by atoms with Crippen LogP contribution in [0.2, 0.25) is 10.0 Å². The lowest BCUT2D eigenvalue weighted by Gasteiger charge is -2.08. The third-order valence-electron chi connectivity index (χ3n) is 2.98. The molecule has 0 bridgehead atoms. The third kappa shape index (κ3) is 4.39. The lowest BCUT2D eigenvalue weighted by molar-refractivity contribution is 0.303. The second-order valence-corrected chi connectivity index (χ2v) is 6.23. The molecule has 6 heteroatoms. The quantitative estimate of drug-likeness (QED) is 0.673. The number of hydrogen-bond donors (Lipinski definition) is 1. The molecule has 1 aromatic heterocycles. The van der Waals surface area contributed by atoms with Crippen molar-refractivity contribution in [3.63, 3.8) is 0 Å². The Hall–Kier alpha value is -0.680. The first-order valence-electron chi connectivity index (χ1n) is 6.57. The van der Waals surface area contributed by atoms with Gasteiger partial charge >= 0.3 is 0 Å². The second kappa shape index (κ2) is 7.54. The van der Waals surface area contributed by atoms with Crippen molar-refractivity contribution in [1.82, 2.24) is 5.32 Å². The normalized spacial score (nSPS) is 10.9. The standard InChI is InChI=1S/C15H16BrCl2NO2/c1-3-19-7-11-4-10(9(2)21-11)8-20-15-6-13(17)12(16)5-14(15)18/h4-6,19H,3,7-8H2,1-2H3. The van der Waals surface area contributed by atoms with Crippen LogP contribution in [-0.2, 0) is 13.2 Å². The maximum Gasteiger partial charge on any atom is 0.139 e. The molecule has 0 aliphatic rings. The summed E-state index contributed by atoms with van der Waals surface area (Å²) in [5.41, 5.74) is 0.998. The summed E-state index contributed by atoms with van der Waals surface area (Å²) in [4.78, 5) is 0. The molecule has 114 valence electrons. The first kappa shape index (κ1) is 16.7. The van der Waals surface area contributed by atoms with Crippen LogP contribution in [0.3, 0.4) is 0 Å². The average Bonchev–Trinajstić information content (AvgIpc) is 2.79. The van der Waals surface area contributed by atoms with E-state index in [1.54, 1.807) is 12.1 Å². The highest BCUT2D eigenvalue weighted by atomic mass is 79.9. The zero-order chi connectivity index (χ0) is 15.4. The summed E-state index contributed by atoms with van der Waals surface area (Å²) in [7, 11) is 0. The summed E-state index contributed by atoms with van der Waals surface area (Å²) in [5.74, 6) is 2.30. The van der Waals surface area contributed by atoms with Gasteiger partial charge in [0.1, 0.15) is 23.9 Å². The Labute approximate surface area is 142 Å². The summed E-state index contributed by atoms with van der Waals surface area (Å²) >= 11 is 15.5. The molecule has 0 fully saturated rings. The topological polar surface area (TPSA) is 34.4 Å². The second-order valence-electron chi connectivity index (χ2n) is 4.56. The van der Waals surface area contributed by atoms with E-state index in [-0.39, 0.29) is 0 Å². The minimum atomic E-state index is 0.388. The number of aryl methyl sites for hydroxylation is 1. The van der Waals surface area contributed by atoms with Gasteiger partial charge in [-0.3, -0.25) is 0 Å². The van der Waals surface area contributed by atoms with Crippen LogP contribution in [0.25, 0.3) is 0 Å². The van der Waals surface area contributed by atoms with Crippen LogP contribution in [0.4, 0.5) is 0 Å². The minimum absolute atomic E-state index is 0.388. The molecule has 0 unspecified atom stereocenters. The van der Waals surface area contributed by atoms with Gasteiger partial charge in [0.25, 0.3) is 0 Å². The first-order chi connectivity index (χ1) is 10.0. The van der Waals surface area contributed by atoms with Crippen molar-refractivity contribution >= 4 is 39.1 Å². The Bertz CT molecular complexity index is 628. The van der Waals surface area contributed by atoms with Crippen molar-refractivity contribution in [2.24, 2.45) is 0 Å². The van der Waals surface area contributed by atoms with E-state index in [1.165, 1.54) is 0 Å². The number of ether oxygens (including phenoxy) is 1. The summed E-state index contributed by atoms with van der Waals surface area (Å²) in [6.07, 6.45) is 0. The Morgan fingerprint density at radius 2 is 2.00 bits per heavy atom. The first-order valence-corrected chi connectivity index (χ1v) is 8.12. The largest absolute Gasteiger partial charge is 0.487 e. The van der Waals surface area contributed by atoms with Gasteiger partial charge in [0.05, 0.1) is 16.6 Å². The Morgan fingerprint density at radius 3 is 2.71 bits per heavy atom. The van der Waals surface area contributed by atoms with Gasteiger partial charge in [-0.1, -0.05) is 30.1 Å². The number of furan rings is 1. The maximum atomic E-state index is 6.13. The molecule has 21 heavy (non-hydrogen) atoms. The molecule has 0 radical (unpaired) electrons. The number of benzene rings is 1. The lowest BCUT2D eigenvalue weighted by Crippen LogP contribution is -2.10. The summed E-state index contributed by atoms with van der Waals surface area (Å²) in [6, 6.07) is 5.41.